The summed E-state index contributed by atoms with van der Waals surface area (Å²) in [5.41, 5.74) is 11.3. The fourth-order valence-electron chi connectivity index (χ4n) is 8.31. The van der Waals surface area contributed by atoms with Gasteiger partial charge in [0.05, 0.1) is 38.8 Å². The molecule has 0 N–H and O–H groups in total. The van der Waals surface area contributed by atoms with E-state index in [-0.39, 0.29) is 0 Å². The van der Waals surface area contributed by atoms with Crippen LogP contribution in [0, 0.1) is 0 Å². The SMILES string of the molecule is c1ccc(-n2c3ccccc3c3ccc4c(c5ccccc5n4-c4cccc(-c5cccc(-n6c7ccccc7c7ccccc76)c5)n4)c32)cc1. The average molecular weight is 651 g/mol. The molecule has 0 aliphatic rings. The molecule has 11 rings (SSSR count). The monoisotopic (exact) mass is 650 g/mol. The molecule has 0 radical (unpaired) electrons. The maximum atomic E-state index is 5.38. The normalized spacial score (nSPS) is 11.9. The summed E-state index contributed by atoms with van der Waals surface area (Å²) in [6.07, 6.45) is 0. The van der Waals surface area contributed by atoms with E-state index in [1.54, 1.807) is 0 Å². The third-order valence-electron chi connectivity index (χ3n) is 10.4. The minimum absolute atomic E-state index is 0.891. The van der Waals surface area contributed by atoms with E-state index in [2.05, 4.69) is 196 Å². The Morgan fingerprint density at radius 2 is 0.882 bits per heavy atom. The van der Waals surface area contributed by atoms with Crippen LogP contribution in [0.3, 0.4) is 0 Å². The molecule has 0 saturated heterocycles. The van der Waals surface area contributed by atoms with Gasteiger partial charge in [-0.1, -0.05) is 115 Å². The van der Waals surface area contributed by atoms with Crippen molar-refractivity contribution in [1.29, 1.82) is 0 Å². The molecule has 0 atom stereocenters. The Kier molecular flexibility index (Phi) is 5.92. The Morgan fingerprint density at radius 3 is 1.59 bits per heavy atom. The number of hydrogen-bond donors (Lipinski definition) is 0. The van der Waals surface area contributed by atoms with E-state index in [4.69, 9.17) is 4.98 Å². The van der Waals surface area contributed by atoms with Crippen molar-refractivity contribution in [1.82, 2.24) is 18.7 Å². The summed E-state index contributed by atoms with van der Waals surface area (Å²) in [5, 5.41) is 7.44. The summed E-state index contributed by atoms with van der Waals surface area (Å²) in [6.45, 7) is 0. The third kappa shape index (κ3) is 4.05. The summed E-state index contributed by atoms with van der Waals surface area (Å²) >= 11 is 0. The number of nitrogens with zero attached hydrogens (tertiary/aromatic N) is 4. The number of benzene rings is 7. The number of pyridine rings is 1. The zero-order valence-electron chi connectivity index (χ0n) is 27.6. The highest BCUT2D eigenvalue weighted by Gasteiger charge is 2.21. The van der Waals surface area contributed by atoms with Crippen molar-refractivity contribution >= 4 is 65.4 Å². The van der Waals surface area contributed by atoms with Crippen molar-refractivity contribution in [3.8, 4) is 28.5 Å². The lowest BCUT2D eigenvalue weighted by Crippen LogP contribution is -1.99. The van der Waals surface area contributed by atoms with Crippen LogP contribution in [0.5, 0.6) is 0 Å². The van der Waals surface area contributed by atoms with Crippen LogP contribution in [-0.2, 0) is 0 Å². The Balaban J connectivity index is 1.14. The molecule has 238 valence electrons. The Hall–Kier alpha value is -6.91. The Bertz CT molecular complexity index is 3090. The van der Waals surface area contributed by atoms with Gasteiger partial charge < -0.3 is 9.13 Å². The van der Waals surface area contributed by atoms with E-state index < -0.39 is 0 Å². The first-order valence-corrected chi connectivity index (χ1v) is 17.4. The quantitative estimate of drug-likeness (QED) is 0.186. The molecule has 0 aliphatic carbocycles. The first kappa shape index (κ1) is 28.0. The molecule has 0 unspecified atom stereocenters. The van der Waals surface area contributed by atoms with Crippen molar-refractivity contribution in [2.24, 2.45) is 0 Å². The van der Waals surface area contributed by atoms with E-state index in [0.29, 0.717) is 0 Å². The van der Waals surface area contributed by atoms with Gasteiger partial charge in [0.2, 0.25) is 0 Å². The van der Waals surface area contributed by atoms with Gasteiger partial charge in [0.25, 0.3) is 0 Å². The van der Waals surface area contributed by atoms with Crippen LogP contribution < -0.4 is 0 Å². The molecule has 0 fully saturated rings. The van der Waals surface area contributed by atoms with E-state index >= 15 is 0 Å². The molecule has 4 heteroatoms. The zero-order valence-corrected chi connectivity index (χ0v) is 27.6. The van der Waals surface area contributed by atoms with Crippen LogP contribution in [0.2, 0.25) is 0 Å². The minimum atomic E-state index is 0.891. The molecule has 0 amide bonds. The van der Waals surface area contributed by atoms with Gasteiger partial charge in [-0.25, -0.2) is 4.98 Å². The standard InChI is InChI=1S/C47H30N4/c1-2-15-32(16-3-1)50-42-25-10-6-20-36(42)37-28-29-44-46(47(37)50)38-21-7-11-26-43(38)51(44)45-27-13-22-39(48-45)31-14-12-17-33(30-31)49-40-23-8-4-18-34(40)35-19-5-9-24-41(35)49/h1-30H. The first-order valence-electron chi connectivity index (χ1n) is 17.4. The van der Waals surface area contributed by atoms with E-state index in [0.717, 1.165) is 39.5 Å². The summed E-state index contributed by atoms with van der Waals surface area (Å²) in [5.74, 6) is 0.891. The summed E-state index contributed by atoms with van der Waals surface area (Å²) in [4.78, 5) is 5.38. The van der Waals surface area contributed by atoms with Crippen molar-refractivity contribution in [3.63, 3.8) is 0 Å². The molecule has 7 aromatic carbocycles. The van der Waals surface area contributed by atoms with Gasteiger partial charge in [0, 0.05) is 49.3 Å². The number of hydrogen-bond acceptors (Lipinski definition) is 1. The van der Waals surface area contributed by atoms with Crippen molar-refractivity contribution in [3.05, 3.63) is 182 Å². The number of aromatic nitrogens is 4. The molecular weight excluding hydrogens is 621 g/mol. The van der Waals surface area contributed by atoms with Gasteiger partial charge in [-0.15, -0.1) is 0 Å². The fraction of sp³-hybridized carbons (Fsp3) is 0. The van der Waals surface area contributed by atoms with Crippen molar-refractivity contribution < 1.29 is 0 Å². The molecule has 0 saturated carbocycles. The molecule has 0 aliphatic heterocycles. The topological polar surface area (TPSA) is 27.7 Å². The second-order valence-corrected chi connectivity index (χ2v) is 13.2. The predicted octanol–water partition coefficient (Wildman–Crippen LogP) is 12.0. The maximum absolute atomic E-state index is 5.38. The largest absolute Gasteiger partial charge is 0.309 e. The predicted molar refractivity (Wildman–Crippen MR) is 213 cm³/mol. The summed E-state index contributed by atoms with van der Waals surface area (Å²) < 4.78 is 7.12. The highest BCUT2D eigenvalue weighted by molar-refractivity contribution is 6.26. The van der Waals surface area contributed by atoms with Crippen LogP contribution >= 0.6 is 0 Å². The van der Waals surface area contributed by atoms with Crippen LogP contribution in [0.15, 0.2) is 182 Å². The molecule has 0 bridgehead atoms. The Morgan fingerprint density at radius 1 is 0.333 bits per heavy atom. The second kappa shape index (κ2) is 10.8. The summed E-state index contributed by atoms with van der Waals surface area (Å²) in [7, 11) is 0. The molecule has 4 heterocycles. The van der Waals surface area contributed by atoms with E-state index in [1.165, 1.54) is 54.4 Å². The maximum Gasteiger partial charge on any atom is 0.138 e. The highest BCUT2D eigenvalue weighted by Crippen LogP contribution is 2.42. The van der Waals surface area contributed by atoms with Crippen LogP contribution in [0.1, 0.15) is 0 Å². The molecule has 51 heavy (non-hydrogen) atoms. The van der Waals surface area contributed by atoms with Gasteiger partial charge >= 0.3 is 0 Å². The third-order valence-corrected chi connectivity index (χ3v) is 10.4. The van der Waals surface area contributed by atoms with Gasteiger partial charge in [-0.2, -0.15) is 0 Å². The van der Waals surface area contributed by atoms with Crippen molar-refractivity contribution in [2.45, 2.75) is 0 Å². The second-order valence-electron chi connectivity index (χ2n) is 13.2. The number of para-hydroxylation sites is 5. The lowest BCUT2D eigenvalue weighted by atomic mass is 10.1. The summed E-state index contributed by atoms with van der Waals surface area (Å²) in [6, 6.07) is 65.2. The zero-order chi connectivity index (χ0) is 33.5. The molecule has 11 aromatic rings. The number of fused-ring (bicyclic) bond motifs is 10. The lowest BCUT2D eigenvalue weighted by Gasteiger charge is -2.12. The first-order chi connectivity index (χ1) is 25.3. The molecule has 0 spiro atoms. The van der Waals surface area contributed by atoms with E-state index in [1.807, 2.05) is 0 Å². The van der Waals surface area contributed by atoms with E-state index in [9.17, 15) is 0 Å². The average Bonchev–Trinajstić information content (AvgIpc) is 3.84. The highest BCUT2D eigenvalue weighted by atomic mass is 15.1. The molecule has 4 nitrogen and oxygen atoms in total. The Labute approximate surface area is 293 Å². The minimum Gasteiger partial charge on any atom is -0.309 e. The molecule has 4 aromatic heterocycles. The van der Waals surface area contributed by atoms with Gasteiger partial charge in [0.15, 0.2) is 0 Å². The van der Waals surface area contributed by atoms with Crippen molar-refractivity contribution in [2.75, 3.05) is 0 Å². The van der Waals surface area contributed by atoms with Crippen LogP contribution in [0.4, 0.5) is 0 Å². The van der Waals surface area contributed by atoms with Gasteiger partial charge in [-0.3, -0.25) is 4.57 Å². The molecular formula is C47H30N4. The lowest BCUT2D eigenvalue weighted by molar-refractivity contribution is 1.08. The fourth-order valence-corrected chi connectivity index (χ4v) is 8.31. The van der Waals surface area contributed by atoms with Crippen LogP contribution in [-0.4, -0.2) is 18.7 Å². The van der Waals surface area contributed by atoms with Crippen LogP contribution in [0.25, 0.3) is 93.9 Å². The van der Waals surface area contributed by atoms with Gasteiger partial charge in [0.1, 0.15) is 5.82 Å². The number of rotatable bonds is 4. The smallest absolute Gasteiger partial charge is 0.138 e. The van der Waals surface area contributed by atoms with Gasteiger partial charge in [-0.05, 0) is 66.7 Å².